The lowest BCUT2D eigenvalue weighted by molar-refractivity contribution is -0.0480. The Bertz CT molecular complexity index is 827. The fraction of sp³-hybridized carbons (Fsp3) is 0.524. The Kier molecular flexibility index (Phi) is 5.71. The number of halogens is 1. The lowest BCUT2D eigenvalue weighted by Gasteiger charge is -2.40. The van der Waals surface area contributed by atoms with Crippen molar-refractivity contribution in [3.05, 3.63) is 46.7 Å². The molecular formula is C21H27ClN4O2. The molecule has 0 saturated carbocycles. The van der Waals surface area contributed by atoms with Crippen molar-refractivity contribution in [1.29, 1.82) is 0 Å². The van der Waals surface area contributed by atoms with Crippen LogP contribution in [0.25, 0.3) is 5.69 Å². The van der Waals surface area contributed by atoms with E-state index in [1.807, 2.05) is 36.1 Å². The first-order chi connectivity index (χ1) is 13.5. The highest BCUT2D eigenvalue weighted by Crippen LogP contribution is 2.29. The van der Waals surface area contributed by atoms with E-state index in [0.29, 0.717) is 16.5 Å². The third kappa shape index (κ3) is 3.81. The highest BCUT2D eigenvalue weighted by Gasteiger charge is 2.34. The van der Waals surface area contributed by atoms with E-state index >= 15 is 0 Å². The number of nitrogens with zero attached hydrogens (tertiary/aromatic N) is 3. The summed E-state index contributed by atoms with van der Waals surface area (Å²) in [5, 5.41) is 5.09. The van der Waals surface area contributed by atoms with E-state index in [0.717, 1.165) is 56.8 Å². The Labute approximate surface area is 170 Å². The van der Waals surface area contributed by atoms with Crippen LogP contribution in [0.4, 0.5) is 0 Å². The summed E-state index contributed by atoms with van der Waals surface area (Å²) in [6.45, 7) is 4.21. The first-order valence-electron chi connectivity index (χ1n) is 10.0. The van der Waals surface area contributed by atoms with Gasteiger partial charge in [0.05, 0.1) is 29.2 Å². The number of rotatable bonds is 3. The molecule has 4 rings (SSSR count). The van der Waals surface area contributed by atoms with Crippen molar-refractivity contribution in [2.45, 2.75) is 44.8 Å². The molecule has 28 heavy (non-hydrogen) atoms. The molecule has 1 aromatic heterocycles. The lowest BCUT2D eigenvalue weighted by Crippen LogP contribution is -2.49. The third-order valence-electron chi connectivity index (χ3n) is 6.02. The molecule has 0 bridgehead atoms. The van der Waals surface area contributed by atoms with Crippen LogP contribution < -0.4 is 5.73 Å². The topological polar surface area (TPSA) is 73.4 Å². The molecule has 150 valence electrons. The van der Waals surface area contributed by atoms with Gasteiger partial charge < -0.3 is 15.4 Å². The molecule has 6 nitrogen and oxygen atoms in total. The maximum Gasteiger partial charge on any atom is 0.257 e. The number of amides is 1. The van der Waals surface area contributed by atoms with E-state index in [1.165, 1.54) is 0 Å². The van der Waals surface area contributed by atoms with Crippen molar-refractivity contribution < 1.29 is 9.53 Å². The summed E-state index contributed by atoms with van der Waals surface area (Å²) in [6.07, 6.45) is 5.76. The van der Waals surface area contributed by atoms with Crippen molar-refractivity contribution in [2.24, 2.45) is 11.7 Å². The minimum Gasteiger partial charge on any atom is -0.376 e. The number of ether oxygens (including phenoxy) is 1. The second kappa shape index (κ2) is 8.23. The molecule has 2 unspecified atom stereocenters. The standard InChI is InChI=1S/C21H27ClN4O2/c1-14-18(13-24-26(14)17-6-4-16(22)5-7-17)21(27)25-10-8-15(9-11-25)20-19(23)3-2-12-28-20/h4-7,13,15,19-20H,2-3,8-12,23H2,1H3. The maximum atomic E-state index is 13.1. The predicted molar refractivity (Wildman–Crippen MR) is 109 cm³/mol. The van der Waals surface area contributed by atoms with Crippen molar-refractivity contribution in [3.8, 4) is 5.69 Å². The zero-order valence-corrected chi connectivity index (χ0v) is 16.9. The Morgan fingerprint density at radius 3 is 2.61 bits per heavy atom. The van der Waals surface area contributed by atoms with Gasteiger partial charge in [-0.3, -0.25) is 4.79 Å². The summed E-state index contributed by atoms with van der Waals surface area (Å²) in [5.41, 5.74) is 8.64. The Balaban J connectivity index is 1.42. The highest BCUT2D eigenvalue weighted by molar-refractivity contribution is 6.30. The van der Waals surface area contributed by atoms with E-state index in [-0.39, 0.29) is 18.1 Å². The quantitative estimate of drug-likeness (QED) is 0.855. The zero-order chi connectivity index (χ0) is 19.7. The molecule has 0 spiro atoms. The smallest absolute Gasteiger partial charge is 0.257 e. The molecule has 2 aliphatic heterocycles. The van der Waals surface area contributed by atoms with Crippen LogP contribution in [0.1, 0.15) is 41.7 Å². The fourth-order valence-corrected chi connectivity index (χ4v) is 4.50. The molecule has 2 N–H and O–H groups in total. The van der Waals surface area contributed by atoms with Crippen molar-refractivity contribution >= 4 is 17.5 Å². The minimum atomic E-state index is 0.0463. The number of piperidine rings is 1. The number of hydrogen-bond acceptors (Lipinski definition) is 4. The molecule has 1 aromatic carbocycles. The van der Waals surface area contributed by atoms with E-state index in [9.17, 15) is 4.79 Å². The van der Waals surface area contributed by atoms with E-state index in [4.69, 9.17) is 22.1 Å². The SMILES string of the molecule is Cc1c(C(=O)N2CCC(C3OCCCC3N)CC2)cnn1-c1ccc(Cl)cc1. The van der Waals surface area contributed by atoms with Crippen molar-refractivity contribution in [2.75, 3.05) is 19.7 Å². The fourth-order valence-electron chi connectivity index (χ4n) is 4.38. The van der Waals surface area contributed by atoms with Gasteiger partial charge in [0.1, 0.15) is 0 Å². The number of hydrogen-bond donors (Lipinski definition) is 1. The third-order valence-corrected chi connectivity index (χ3v) is 6.27. The number of carbonyl (C=O) groups is 1. The first kappa shape index (κ1) is 19.4. The van der Waals surface area contributed by atoms with Gasteiger partial charge in [0.15, 0.2) is 0 Å². The van der Waals surface area contributed by atoms with Gasteiger partial charge in [-0.1, -0.05) is 11.6 Å². The molecule has 0 aliphatic carbocycles. The second-order valence-corrected chi connectivity index (χ2v) is 8.24. The number of nitrogens with two attached hydrogens (primary N) is 1. The van der Waals surface area contributed by atoms with Gasteiger partial charge in [-0.15, -0.1) is 0 Å². The molecule has 1 amide bonds. The van der Waals surface area contributed by atoms with Crippen LogP contribution in [0.15, 0.2) is 30.5 Å². The van der Waals surface area contributed by atoms with Gasteiger partial charge in [0.2, 0.25) is 0 Å². The van der Waals surface area contributed by atoms with Gasteiger partial charge in [-0.2, -0.15) is 5.10 Å². The average Bonchev–Trinajstić information content (AvgIpc) is 3.10. The average molecular weight is 403 g/mol. The van der Waals surface area contributed by atoms with Crippen LogP contribution in [-0.4, -0.2) is 52.4 Å². The predicted octanol–water partition coefficient (Wildman–Crippen LogP) is 3.19. The molecule has 2 fully saturated rings. The monoisotopic (exact) mass is 402 g/mol. The summed E-state index contributed by atoms with van der Waals surface area (Å²) >= 11 is 5.97. The summed E-state index contributed by atoms with van der Waals surface area (Å²) in [6, 6.07) is 7.57. The van der Waals surface area contributed by atoms with Gasteiger partial charge in [0, 0.05) is 30.8 Å². The van der Waals surface area contributed by atoms with E-state index < -0.39 is 0 Å². The zero-order valence-electron chi connectivity index (χ0n) is 16.2. The highest BCUT2D eigenvalue weighted by atomic mass is 35.5. The molecule has 2 atom stereocenters. The minimum absolute atomic E-state index is 0.0463. The summed E-state index contributed by atoms with van der Waals surface area (Å²) in [7, 11) is 0. The number of benzene rings is 1. The Morgan fingerprint density at radius 2 is 1.93 bits per heavy atom. The number of aromatic nitrogens is 2. The molecule has 0 radical (unpaired) electrons. The Morgan fingerprint density at radius 1 is 1.21 bits per heavy atom. The van der Waals surface area contributed by atoms with E-state index in [1.54, 1.807) is 10.9 Å². The van der Waals surface area contributed by atoms with Crippen LogP contribution in [-0.2, 0) is 4.74 Å². The van der Waals surface area contributed by atoms with Gasteiger partial charge in [-0.05, 0) is 62.8 Å². The van der Waals surface area contributed by atoms with Crippen LogP contribution in [0.2, 0.25) is 5.02 Å². The number of likely N-dealkylation sites (tertiary alicyclic amines) is 1. The largest absolute Gasteiger partial charge is 0.376 e. The van der Waals surface area contributed by atoms with Crippen molar-refractivity contribution in [3.63, 3.8) is 0 Å². The summed E-state index contributed by atoms with van der Waals surface area (Å²) in [4.78, 5) is 15.0. The first-order valence-corrected chi connectivity index (χ1v) is 10.4. The molecule has 2 aromatic rings. The van der Waals surface area contributed by atoms with Crippen LogP contribution in [0.3, 0.4) is 0 Å². The molecule has 2 saturated heterocycles. The van der Waals surface area contributed by atoms with E-state index in [2.05, 4.69) is 5.10 Å². The van der Waals surface area contributed by atoms with Crippen LogP contribution >= 0.6 is 11.6 Å². The van der Waals surface area contributed by atoms with Gasteiger partial charge in [-0.25, -0.2) is 4.68 Å². The molecule has 7 heteroatoms. The molecular weight excluding hydrogens is 376 g/mol. The molecule has 2 aliphatic rings. The second-order valence-electron chi connectivity index (χ2n) is 7.80. The molecule has 3 heterocycles. The normalized spacial score (nSPS) is 23.8. The lowest BCUT2D eigenvalue weighted by atomic mass is 9.85. The van der Waals surface area contributed by atoms with Crippen LogP contribution in [0.5, 0.6) is 0 Å². The summed E-state index contributed by atoms with van der Waals surface area (Å²) in [5.74, 6) is 0.488. The summed E-state index contributed by atoms with van der Waals surface area (Å²) < 4.78 is 7.72. The number of carbonyl (C=O) groups excluding carboxylic acids is 1. The van der Waals surface area contributed by atoms with Gasteiger partial charge >= 0.3 is 0 Å². The van der Waals surface area contributed by atoms with Gasteiger partial charge in [0.25, 0.3) is 5.91 Å². The van der Waals surface area contributed by atoms with Crippen molar-refractivity contribution in [1.82, 2.24) is 14.7 Å². The van der Waals surface area contributed by atoms with Crippen LogP contribution in [0, 0.1) is 12.8 Å². The Hall–Kier alpha value is -1.89. The maximum absolute atomic E-state index is 13.1.